The van der Waals surface area contributed by atoms with Crippen molar-refractivity contribution in [1.82, 2.24) is 25.1 Å². The summed E-state index contributed by atoms with van der Waals surface area (Å²) >= 11 is 11.9. The molecular weight excluding hydrogens is 315 g/mol. The van der Waals surface area contributed by atoms with Crippen LogP contribution >= 0.6 is 23.2 Å². The highest BCUT2D eigenvalue weighted by molar-refractivity contribution is 6.35. The van der Waals surface area contributed by atoms with Crippen LogP contribution in [0.3, 0.4) is 0 Å². The number of hydrogen-bond donors (Lipinski definition) is 2. The van der Waals surface area contributed by atoms with Gasteiger partial charge in [0.1, 0.15) is 5.69 Å². The maximum Gasteiger partial charge on any atom is 0.244 e. The fourth-order valence-corrected chi connectivity index (χ4v) is 2.25. The molecule has 3 heterocycles. The van der Waals surface area contributed by atoms with E-state index in [1.54, 1.807) is 18.6 Å². The van der Waals surface area contributed by atoms with Crippen LogP contribution in [0.15, 0.2) is 29.3 Å². The van der Waals surface area contributed by atoms with E-state index in [0.29, 0.717) is 28.1 Å². The molecule has 0 aliphatic rings. The Bertz CT molecular complexity index is 742. The Hall–Kier alpha value is -1.96. The van der Waals surface area contributed by atoms with E-state index in [-0.39, 0.29) is 5.82 Å². The zero-order valence-electron chi connectivity index (χ0n) is 10.6. The van der Waals surface area contributed by atoms with Crippen molar-refractivity contribution < 1.29 is 4.52 Å². The van der Waals surface area contributed by atoms with E-state index in [4.69, 9.17) is 33.5 Å². The van der Waals surface area contributed by atoms with Crippen LogP contribution in [0.1, 0.15) is 17.6 Å². The number of nitrogens with one attached hydrogen (secondary N) is 1. The number of aromatic amines is 1. The standard InChI is InChI=1S/C12H10Cl2N6O/c13-6-1-8(14)10(17-3-6)11-19-12(21-20-11)9(15)2-7-4-16-5-18-7/h1,3-5,9H,2,15H2,(H,16,18)/t9-/m0/s1. The van der Waals surface area contributed by atoms with Crippen molar-refractivity contribution in [2.45, 2.75) is 12.5 Å². The van der Waals surface area contributed by atoms with Crippen LogP contribution in [0.2, 0.25) is 10.0 Å². The highest BCUT2D eigenvalue weighted by Crippen LogP contribution is 2.26. The second-order valence-electron chi connectivity index (χ2n) is 4.33. The molecule has 0 saturated heterocycles. The average Bonchev–Trinajstić information content (AvgIpc) is 3.09. The van der Waals surface area contributed by atoms with E-state index in [2.05, 4.69) is 25.1 Å². The van der Waals surface area contributed by atoms with Crippen molar-refractivity contribution in [3.8, 4) is 11.5 Å². The number of pyridine rings is 1. The molecule has 0 fully saturated rings. The van der Waals surface area contributed by atoms with Gasteiger partial charge in [-0.3, -0.25) is 0 Å². The quantitative estimate of drug-likeness (QED) is 0.763. The summed E-state index contributed by atoms with van der Waals surface area (Å²) in [5.41, 5.74) is 7.29. The Morgan fingerprint density at radius 3 is 2.90 bits per heavy atom. The smallest absolute Gasteiger partial charge is 0.244 e. The molecule has 3 N–H and O–H groups in total. The monoisotopic (exact) mass is 324 g/mol. The van der Waals surface area contributed by atoms with Gasteiger partial charge in [-0.25, -0.2) is 9.97 Å². The summed E-state index contributed by atoms with van der Waals surface area (Å²) in [5.74, 6) is 0.569. The largest absolute Gasteiger partial charge is 0.348 e. The summed E-state index contributed by atoms with van der Waals surface area (Å²) in [6, 6.07) is 1.12. The van der Waals surface area contributed by atoms with Gasteiger partial charge in [0.2, 0.25) is 11.7 Å². The second kappa shape index (κ2) is 5.80. The number of nitrogens with two attached hydrogens (primary N) is 1. The Morgan fingerprint density at radius 1 is 1.33 bits per heavy atom. The summed E-state index contributed by atoms with van der Waals surface area (Å²) in [6.45, 7) is 0. The molecular formula is C12H10Cl2N6O. The maximum absolute atomic E-state index is 6.05. The number of rotatable bonds is 4. The highest BCUT2D eigenvalue weighted by atomic mass is 35.5. The minimum absolute atomic E-state index is 0.270. The van der Waals surface area contributed by atoms with Crippen molar-refractivity contribution in [2.24, 2.45) is 5.73 Å². The van der Waals surface area contributed by atoms with Gasteiger partial charge in [0.25, 0.3) is 0 Å². The van der Waals surface area contributed by atoms with Gasteiger partial charge in [0, 0.05) is 24.5 Å². The molecule has 0 aliphatic heterocycles. The minimum atomic E-state index is -0.447. The lowest BCUT2D eigenvalue weighted by Crippen LogP contribution is -2.14. The zero-order valence-corrected chi connectivity index (χ0v) is 12.1. The first-order chi connectivity index (χ1) is 10.1. The van der Waals surface area contributed by atoms with Crippen LogP contribution in [0.4, 0.5) is 0 Å². The normalized spacial score (nSPS) is 12.5. The van der Waals surface area contributed by atoms with Crippen LogP contribution in [0.5, 0.6) is 0 Å². The van der Waals surface area contributed by atoms with E-state index < -0.39 is 6.04 Å². The van der Waals surface area contributed by atoms with Gasteiger partial charge in [-0.15, -0.1) is 0 Å². The topological polar surface area (TPSA) is 107 Å². The number of nitrogens with zero attached hydrogens (tertiary/aromatic N) is 4. The lowest BCUT2D eigenvalue weighted by Gasteiger charge is -2.03. The van der Waals surface area contributed by atoms with Gasteiger partial charge in [-0.05, 0) is 6.07 Å². The zero-order chi connectivity index (χ0) is 14.8. The second-order valence-corrected chi connectivity index (χ2v) is 5.17. The Morgan fingerprint density at radius 2 is 2.19 bits per heavy atom. The molecule has 0 amide bonds. The Labute approximate surface area is 129 Å². The SMILES string of the molecule is N[C@@H](Cc1cnc[nH]1)c1nc(-c2ncc(Cl)cc2Cl)no1. The minimum Gasteiger partial charge on any atom is -0.348 e. The molecule has 3 rings (SSSR count). The van der Waals surface area contributed by atoms with Gasteiger partial charge in [-0.2, -0.15) is 4.98 Å². The van der Waals surface area contributed by atoms with Crippen LogP contribution in [0, 0.1) is 0 Å². The van der Waals surface area contributed by atoms with E-state index >= 15 is 0 Å². The first kappa shape index (κ1) is 14.0. The molecule has 0 aromatic carbocycles. The third-order valence-corrected chi connectivity index (χ3v) is 3.27. The number of hydrogen-bond acceptors (Lipinski definition) is 6. The van der Waals surface area contributed by atoms with Gasteiger partial charge >= 0.3 is 0 Å². The molecule has 108 valence electrons. The van der Waals surface area contributed by atoms with E-state index in [1.807, 2.05) is 0 Å². The van der Waals surface area contributed by atoms with Crippen LogP contribution in [-0.2, 0) is 6.42 Å². The van der Waals surface area contributed by atoms with Crippen molar-refractivity contribution in [3.63, 3.8) is 0 Å². The molecule has 9 heteroatoms. The molecule has 0 saturated carbocycles. The van der Waals surface area contributed by atoms with Crippen molar-refractivity contribution >= 4 is 23.2 Å². The third-order valence-electron chi connectivity index (χ3n) is 2.77. The van der Waals surface area contributed by atoms with Crippen LogP contribution in [-0.4, -0.2) is 25.1 Å². The number of halogens is 2. The molecule has 3 aromatic rings. The van der Waals surface area contributed by atoms with Crippen molar-refractivity contribution in [3.05, 3.63) is 46.4 Å². The molecule has 0 spiro atoms. The fraction of sp³-hybridized carbons (Fsp3) is 0.167. The summed E-state index contributed by atoms with van der Waals surface area (Å²) in [4.78, 5) is 15.2. The molecule has 0 unspecified atom stereocenters. The van der Waals surface area contributed by atoms with Gasteiger partial charge < -0.3 is 15.2 Å². The van der Waals surface area contributed by atoms with Crippen LogP contribution < -0.4 is 5.73 Å². The summed E-state index contributed by atoms with van der Waals surface area (Å²) in [6.07, 6.45) is 5.24. The molecule has 7 nitrogen and oxygen atoms in total. The Balaban J connectivity index is 1.82. The lowest BCUT2D eigenvalue weighted by molar-refractivity contribution is 0.354. The fourth-order valence-electron chi connectivity index (χ4n) is 1.78. The average molecular weight is 325 g/mol. The molecule has 3 aromatic heterocycles. The van der Waals surface area contributed by atoms with E-state index in [0.717, 1.165) is 5.69 Å². The van der Waals surface area contributed by atoms with Crippen molar-refractivity contribution in [2.75, 3.05) is 0 Å². The van der Waals surface area contributed by atoms with E-state index in [1.165, 1.54) is 6.20 Å². The molecule has 21 heavy (non-hydrogen) atoms. The summed E-state index contributed by atoms with van der Waals surface area (Å²) < 4.78 is 5.16. The van der Waals surface area contributed by atoms with Gasteiger partial charge in [-0.1, -0.05) is 28.4 Å². The first-order valence-electron chi connectivity index (χ1n) is 6.01. The third kappa shape index (κ3) is 3.05. The van der Waals surface area contributed by atoms with Gasteiger partial charge in [0.15, 0.2) is 0 Å². The van der Waals surface area contributed by atoms with E-state index in [9.17, 15) is 0 Å². The van der Waals surface area contributed by atoms with Crippen LogP contribution in [0.25, 0.3) is 11.5 Å². The van der Waals surface area contributed by atoms with Gasteiger partial charge in [0.05, 0.1) is 22.4 Å². The first-order valence-corrected chi connectivity index (χ1v) is 6.77. The highest BCUT2D eigenvalue weighted by Gasteiger charge is 2.19. The summed E-state index contributed by atoms with van der Waals surface area (Å²) in [7, 11) is 0. The predicted molar refractivity (Wildman–Crippen MR) is 76.8 cm³/mol. The lowest BCUT2D eigenvalue weighted by atomic mass is 10.2. The number of imidazole rings is 1. The molecule has 0 aliphatic carbocycles. The van der Waals surface area contributed by atoms with Crippen molar-refractivity contribution in [1.29, 1.82) is 0 Å². The number of H-pyrrole nitrogens is 1. The maximum atomic E-state index is 6.05. The molecule has 1 atom stereocenters. The number of aromatic nitrogens is 5. The molecule has 0 bridgehead atoms. The predicted octanol–water partition coefficient (Wildman–Crippen LogP) is 2.40. The molecule has 0 radical (unpaired) electrons. The summed E-state index contributed by atoms with van der Waals surface area (Å²) in [5, 5.41) is 4.62. The Kier molecular flexibility index (Phi) is 3.87.